The van der Waals surface area contributed by atoms with Crippen LogP contribution < -0.4 is 0 Å². The van der Waals surface area contributed by atoms with E-state index in [0.717, 1.165) is 12.8 Å². The molecule has 72 valence electrons. The van der Waals surface area contributed by atoms with Crippen molar-refractivity contribution in [2.24, 2.45) is 0 Å². The molecule has 1 fully saturated rings. The van der Waals surface area contributed by atoms with Gasteiger partial charge in [-0.3, -0.25) is 4.78 Å². The van der Waals surface area contributed by atoms with E-state index in [9.17, 15) is 4.21 Å². The Balaban J connectivity index is 2.67. The predicted octanol–water partition coefficient (Wildman–Crippen LogP) is 1.62. The van der Waals surface area contributed by atoms with E-state index in [1.54, 1.807) is 0 Å². The molecule has 0 aromatic rings. The highest BCUT2D eigenvalue weighted by Gasteiger charge is 2.26. The SMILES string of the molecule is CC(C)S(=N)(=O)C1CCOCC1. The first-order valence-electron chi connectivity index (χ1n) is 4.39. The summed E-state index contributed by atoms with van der Waals surface area (Å²) in [6.45, 7) is 5.08. The minimum absolute atomic E-state index is 0.0272. The maximum atomic E-state index is 11.9. The zero-order valence-electron chi connectivity index (χ0n) is 7.71. The van der Waals surface area contributed by atoms with Crippen molar-refractivity contribution in [3.8, 4) is 0 Å². The topological polar surface area (TPSA) is 50.2 Å². The molecule has 1 rings (SSSR count). The minimum atomic E-state index is -2.38. The minimum Gasteiger partial charge on any atom is -0.381 e. The number of ether oxygens (including phenoxy) is 1. The van der Waals surface area contributed by atoms with Crippen molar-refractivity contribution in [2.75, 3.05) is 13.2 Å². The quantitative estimate of drug-likeness (QED) is 0.721. The lowest BCUT2D eigenvalue weighted by Crippen LogP contribution is -2.32. The number of hydrogen-bond acceptors (Lipinski definition) is 3. The molecule has 1 heterocycles. The van der Waals surface area contributed by atoms with Crippen molar-refractivity contribution >= 4 is 9.73 Å². The van der Waals surface area contributed by atoms with Crippen LogP contribution in [-0.4, -0.2) is 27.9 Å². The van der Waals surface area contributed by atoms with Crippen LogP contribution in [0.15, 0.2) is 0 Å². The molecule has 0 aromatic heterocycles. The Kier molecular flexibility index (Phi) is 3.12. The molecule has 0 radical (unpaired) electrons. The van der Waals surface area contributed by atoms with Gasteiger partial charge in [0.2, 0.25) is 0 Å². The molecule has 1 aliphatic heterocycles. The van der Waals surface area contributed by atoms with Crippen LogP contribution in [-0.2, 0) is 14.5 Å². The lowest BCUT2D eigenvalue weighted by Gasteiger charge is -2.26. The summed E-state index contributed by atoms with van der Waals surface area (Å²) in [4.78, 5) is 0. The normalized spacial score (nSPS) is 25.6. The largest absolute Gasteiger partial charge is 0.381 e. The molecule has 12 heavy (non-hydrogen) atoms. The molecule has 1 atom stereocenters. The Labute approximate surface area is 74.5 Å². The van der Waals surface area contributed by atoms with Crippen LogP contribution >= 0.6 is 0 Å². The lowest BCUT2D eigenvalue weighted by molar-refractivity contribution is 0.0988. The van der Waals surface area contributed by atoms with E-state index < -0.39 is 9.73 Å². The number of nitrogens with one attached hydrogen (secondary N) is 1. The molecule has 1 saturated heterocycles. The van der Waals surface area contributed by atoms with Crippen molar-refractivity contribution in [2.45, 2.75) is 37.2 Å². The van der Waals surface area contributed by atoms with Gasteiger partial charge in [0.1, 0.15) is 0 Å². The van der Waals surface area contributed by atoms with E-state index in [4.69, 9.17) is 9.52 Å². The van der Waals surface area contributed by atoms with E-state index in [1.807, 2.05) is 13.8 Å². The second kappa shape index (κ2) is 3.75. The predicted molar refractivity (Wildman–Crippen MR) is 49.8 cm³/mol. The molecule has 3 nitrogen and oxygen atoms in total. The standard InChI is InChI=1S/C8H17NO2S/c1-7(2)12(9,10)8-3-5-11-6-4-8/h7-9H,3-6H2,1-2H3. The second-order valence-corrected chi connectivity index (χ2v) is 6.41. The van der Waals surface area contributed by atoms with Gasteiger partial charge in [0.05, 0.1) is 0 Å². The van der Waals surface area contributed by atoms with Crippen LogP contribution in [0.5, 0.6) is 0 Å². The Bertz CT molecular complexity index is 227. The molecular weight excluding hydrogens is 174 g/mol. The molecular formula is C8H17NO2S. The second-order valence-electron chi connectivity index (χ2n) is 3.51. The average molecular weight is 191 g/mol. The number of rotatable bonds is 2. The molecule has 0 bridgehead atoms. The Morgan fingerprint density at radius 1 is 1.42 bits per heavy atom. The van der Waals surface area contributed by atoms with Crippen LogP contribution in [0.1, 0.15) is 26.7 Å². The van der Waals surface area contributed by atoms with Crippen LogP contribution in [0.3, 0.4) is 0 Å². The van der Waals surface area contributed by atoms with Crippen LogP contribution in [0.25, 0.3) is 0 Å². The zero-order valence-corrected chi connectivity index (χ0v) is 8.52. The van der Waals surface area contributed by atoms with Gasteiger partial charge in [-0.2, -0.15) is 0 Å². The Morgan fingerprint density at radius 3 is 2.33 bits per heavy atom. The van der Waals surface area contributed by atoms with E-state index in [-0.39, 0.29) is 10.5 Å². The van der Waals surface area contributed by atoms with Gasteiger partial charge in [0, 0.05) is 33.4 Å². The van der Waals surface area contributed by atoms with Gasteiger partial charge in [-0.05, 0) is 12.8 Å². The van der Waals surface area contributed by atoms with Crippen molar-refractivity contribution in [1.29, 1.82) is 4.78 Å². The van der Waals surface area contributed by atoms with Gasteiger partial charge in [-0.25, -0.2) is 4.21 Å². The molecule has 1 unspecified atom stereocenters. The third kappa shape index (κ3) is 1.98. The fraction of sp³-hybridized carbons (Fsp3) is 1.00. The van der Waals surface area contributed by atoms with Gasteiger partial charge in [-0.15, -0.1) is 0 Å². The van der Waals surface area contributed by atoms with Gasteiger partial charge in [-0.1, -0.05) is 13.8 Å². The first kappa shape index (κ1) is 9.99. The highest BCUT2D eigenvalue weighted by Crippen LogP contribution is 2.20. The van der Waals surface area contributed by atoms with Crippen LogP contribution in [0.2, 0.25) is 0 Å². The van der Waals surface area contributed by atoms with Crippen molar-refractivity contribution in [1.82, 2.24) is 0 Å². The molecule has 0 aromatic carbocycles. The third-order valence-electron chi connectivity index (χ3n) is 2.36. The van der Waals surface area contributed by atoms with E-state index >= 15 is 0 Å². The van der Waals surface area contributed by atoms with Crippen molar-refractivity contribution < 1.29 is 8.95 Å². The maximum Gasteiger partial charge on any atom is 0.0496 e. The average Bonchev–Trinajstić information content (AvgIpc) is 2.06. The Morgan fingerprint density at radius 2 is 1.92 bits per heavy atom. The van der Waals surface area contributed by atoms with Gasteiger partial charge < -0.3 is 4.74 Å². The third-order valence-corrected chi connectivity index (χ3v) is 5.23. The number of hydrogen-bond donors (Lipinski definition) is 1. The van der Waals surface area contributed by atoms with Gasteiger partial charge >= 0.3 is 0 Å². The smallest absolute Gasteiger partial charge is 0.0496 e. The van der Waals surface area contributed by atoms with Gasteiger partial charge in [0.25, 0.3) is 0 Å². The fourth-order valence-corrected chi connectivity index (χ4v) is 3.07. The van der Waals surface area contributed by atoms with Crippen LogP contribution in [0.4, 0.5) is 0 Å². The lowest BCUT2D eigenvalue weighted by atomic mass is 10.2. The summed E-state index contributed by atoms with van der Waals surface area (Å²) in [6.07, 6.45) is 1.58. The highest BCUT2D eigenvalue weighted by molar-refractivity contribution is 7.93. The molecule has 0 spiro atoms. The molecule has 4 heteroatoms. The summed E-state index contributed by atoms with van der Waals surface area (Å²) in [5, 5.41) is 0.0341. The van der Waals surface area contributed by atoms with Crippen LogP contribution in [0, 0.1) is 4.78 Å². The molecule has 0 aliphatic carbocycles. The fourth-order valence-electron chi connectivity index (χ4n) is 1.41. The first-order chi connectivity index (χ1) is 5.55. The molecule has 1 aliphatic rings. The molecule has 0 saturated carbocycles. The highest BCUT2D eigenvalue weighted by atomic mass is 32.2. The summed E-state index contributed by atoms with van der Waals surface area (Å²) in [6, 6.07) is 0. The molecule has 1 N–H and O–H groups in total. The van der Waals surface area contributed by atoms with E-state index in [1.165, 1.54) is 0 Å². The summed E-state index contributed by atoms with van der Waals surface area (Å²) in [5.74, 6) is 0. The van der Waals surface area contributed by atoms with Crippen molar-refractivity contribution in [3.05, 3.63) is 0 Å². The zero-order chi connectivity index (χ0) is 9.19. The summed E-state index contributed by atoms with van der Waals surface area (Å²) >= 11 is 0. The summed E-state index contributed by atoms with van der Waals surface area (Å²) in [5.41, 5.74) is 0. The van der Waals surface area contributed by atoms with E-state index in [2.05, 4.69) is 0 Å². The molecule has 0 amide bonds. The maximum absolute atomic E-state index is 11.9. The van der Waals surface area contributed by atoms with E-state index in [0.29, 0.717) is 13.2 Å². The van der Waals surface area contributed by atoms with Crippen molar-refractivity contribution in [3.63, 3.8) is 0 Å². The first-order valence-corrected chi connectivity index (χ1v) is 6.08. The summed E-state index contributed by atoms with van der Waals surface area (Å²) < 4.78 is 24.8. The van der Waals surface area contributed by atoms with Gasteiger partial charge in [0.15, 0.2) is 0 Å². The summed E-state index contributed by atoms with van der Waals surface area (Å²) in [7, 11) is -2.38. The Hall–Kier alpha value is -0.0900. The monoisotopic (exact) mass is 191 g/mol.